The monoisotopic (exact) mass is 180 g/mol. The van der Waals surface area contributed by atoms with E-state index in [9.17, 15) is 0 Å². The van der Waals surface area contributed by atoms with Crippen LogP contribution in [-0.4, -0.2) is 26.9 Å². The van der Waals surface area contributed by atoms with Gasteiger partial charge in [0, 0.05) is 6.20 Å². The Morgan fingerprint density at radius 2 is 2.31 bits per heavy atom. The number of hydrogen-bond donors (Lipinski definition) is 2. The van der Waals surface area contributed by atoms with E-state index in [1.807, 2.05) is 19.9 Å². The summed E-state index contributed by atoms with van der Waals surface area (Å²) in [6.07, 6.45) is 3.73. The van der Waals surface area contributed by atoms with Crippen LogP contribution in [0.3, 0.4) is 0 Å². The molecular formula is C8H13BN2O2. The smallest absolute Gasteiger partial charge is 0.422 e. The van der Waals surface area contributed by atoms with E-state index >= 15 is 0 Å². The minimum absolute atomic E-state index is 0.280. The van der Waals surface area contributed by atoms with E-state index < -0.39 is 7.12 Å². The van der Waals surface area contributed by atoms with Gasteiger partial charge in [0.25, 0.3) is 0 Å². The summed E-state index contributed by atoms with van der Waals surface area (Å²) in [6.45, 7) is 4.67. The van der Waals surface area contributed by atoms with Crippen molar-refractivity contribution in [3.8, 4) is 0 Å². The number of hydrogen-bond acceptors (Lipinski definition) is 3. The zero-order valence-electron chi connectivity index (χ0n) is 7.81. The van der Waals surface area contributed by atoms with Crippen molar-refractivity contribution in [2.24, 2.45) is 0 Å². The molecule has 0 saturated heterocycles. The van der Waals surface area contributed by atoms with Crippen LogP contribution in [0.25, 0.3) is 0 Å². The molecule has 0 fully saturated rings. The number of aromatic nitrogens is 2. The van der Waals surface area contributed by atoms with Crippen molar-refractivity contribution in [3.05, 3.63) is 23.9 Å². The van der Waals surface area contributed by atoms with Crippen molar-refractivity contribution >= 4 is 12.7 Å². The fraction of sp³-hybridized carbons (Fsp3) is 0.375. The summed E-state index contributed by atoms with van der Waals surface area (Å²) < 4.78 is 1.65. The molecule has 0 saturated carbocycles. The minimum Gasteiger partial charge on any atom is -0.422 e. The molecule has 13 heavy (non-hydrogen) atoms. The normalized spacial score (nSPS) is 9.85. The molecule has 1 aromatic rings. The van der Waals surface area contributed by atoms with Gasteiger partial charge < -0.3 is 10.0 Å². The second-order valence-electron chi connectivity index (χ2n) is 3.12. The zero-order valence-corrected chi connectivity index (χ0v) is 7.81. The van der Waals surface area contributed by atoms with Crippen molar-refractivity contribution in [3.63, 3.8) is 0 Å². The van der Waals surface area contributed by atoms with Crippen LogP contribution in [0.1, 0.15) is 13.8 Å². The Balaban J connectivity index is 2.64. The Labute approximate surface area is 77.7 Å². The third-order valence-electron chi connectivity index (χ3n) is 1.61. The molecule has 0 radical (unpaired) electrons. The third-order valence-corrected chi connectivity index (χ3v) is 1.61. The van der Waals surface area contributed by atoms with E-state index in [1.165, 1.54) is 5.57 Å². The number of nitrogens with zero attached hydrogens (tertiary/aromatic N) is 2. The van der Waals surface area contributed by atoms with Gasteiger partial charge in [-0.25, -0.2) is 0 Å². The summed E-state index contributed by atoms with van der Waals surface area (Å²) >= 11 is 0. The van der Waals surface area contributed by atoms with Gasteiger partial charge in [-0.2, -0.15) is 5.10 Å². The first kappa shape index (κ1) is 10.0. The van der Waals surface area contributed by atoms with E-state index in [0.29, 0.717) is 6.54 Å². The lowest BCUT2D eigenvalue weighted by Crippen LogP contribution is -2.31. The van der Waals surface area contributed by atoms with Crippen LogP contribution in [-0.2, 0) is 6.54 Å². The van der Waals surface area contributed by atoms with Crippen molar-refractivity contribution in [1.82, 2.24) is 9.78 Å². The van der Waals surface area contributed by atoms with E-state index in [0.717, 1.165) is 0 Å². The van der Waals surface area contributed by atoms with Crippen LogP contribution in [0.5, 0.6) is 0 Å². The van der Waals surface area contributed by atoms with Crippen LogP contribution < -0.4 is 5.59 Å². The van der Waals surface area contributed by atoms with Crippen molar-refractivity contribution in [2.75, 3.05) is 0 Å². The van der Waals surface area contributed by atoms with E-state index in [-0.39, 0.29) is 5.59 Å². The van der Waals surface area contributed by atoms with E-state index in [2.05, 4.69) is 5.10 Å². The highest BCUT2D eigenvalue weighted by Gasteiger charge is 2.13. The average molecular weight is 180 g/mol. The van der Waals surface area contributed by atoms with Crippen molar-refractivity contribution in [1.29, 1.82) is 0 Å². The highest BCUT2D eigenvalue weighted by molar-refractivity contribution is 6.57. The first-order valence-electron chi connectivity index (χ1n) is 4.12. The lowest BCUT2D eigenvalue weighted by atomic mass is 9.87. The van der Waals surface area contributed by atoms with Gasteiger partial charge in [0.05, 0.1) is 12.1 Å². The Morgan fingerprint density at radius 3 is 2.77 bits per heavy atom. The molecule has 1 rings (SSSR count). The molecule has 1 aromatic heterocycles. The van der Waals surface area contributed by atoms with E-state index in [4.69, 9.17) is 10.0 Å². The predicted octanol–water partition coefficient (Wildman–Crippen LogP) is -0.471. The van der Waals surface area contributed by atoms with Gasteiger partial charge in [-0.1, -0.05) is 11.6 Å². The molecule has 0 unspecified atom stereocenters. The van der Waals surface area contributed by atoms with Crippen LogP contribution in [0.2, 0.25) is 0 Å². The quantitative estimate of drug-likeness (QED) is 0.488. The first-order chi connectivity index (χ1) is 6.09. The SMILES string of the molecule is CC(C)=CCn1ccc(B(O)O)n1. The summed E-state index contributed by atoms with van der Waals surface area (Å²) in [7, 11) is -1.48. The molecule has 70 valence electrons. The maximum atomic E-state index is 8.78. The highest BCUT2D eigenvalue weighted by atomic mass is 16.4. The molecule has 0 amide bonds. The Bertz CT molecular complexity index is 303. The second kappa shape index (κ2) is 4.25. The highest BCUT2D eigenvalue weighted by Crippen LogP contribution is 1.91. The van der Waals surface area contributed by atoms with Gasteiger partial charge in [0.15, 0.2) is 0 Å². The largest absolute Gasteiger partial charge is 0.510 e. The molecule has 0 aliphatic carbocycles. The molecule has 0 aliphatic heterocycles. The van der Waals surface area contributed by atoms with Gasteiger partial charge in [-0.3, -0.25) is 4.68 Å². The summed E-state index contributed by atoms with van der Waals surface area (Å²) in [5.41, 5.74) is 1.49. The molecule has 0 atom stereocenters. The van der Waals surface area contributed by atoms with Crippen LogP contribution in [0.4, 0.5) is 0 Å². The van der Waals surface area contributed by atoms with Gasteiger partial charge in [0.2, 0.25) is 0 Å². The molecule has 2 N–H and O–H groups in total. The lowest BCUT2D eigenvalue weighted by molar-refractivity contribution is 0.423. The third kappa shape index (κ3) is 3.04. The average Bonchev–Trinajstić information content (AvgIpc) is 2.48. The Kier molecular flexibility index (Phi) is 3.28. The summed E-state index contributed by atoms with van der Waals surface area (Å²) in [5, 5.41) is 21.5. The Hall–Kier alpha value is -1.07. The number of allylic oxidation sites excluding steroid dienone is 2. The first-order valence-corrected chi connectivity index (χ1v) is 4.12. The Morgan fingerprint density at radius 1 is 1.62 bits per heavy atom. The molecule has 0 aliphatic rings. The molecule has 5 heteroatoms. The topological polar surface area (TPSA) is 58.3 Å². The summed E-state index contributed by atoms with van der Waals surface area (Å²) in [5.74, 6) is 0. The predicted molar refractivity (Wildman–Crippen MR) is 51.5 cm³/mol. The maximum Gasteiger partial charge on any atom is 0.510 e. The molecule has 0 spiro atoms. The van der Waals surface area contributed by atoms with Crippen LogP contribution in [0, 0.1) is 0 Å². The fourth-order valence-electron chi connectivity index (χ4n) is 0.893. The van der Waals surface area contributed by atoms with Gasteiger partial charge in [-0.05, 0) is 19.9 Å². The van der Waals surface area contributed by atoms with Gasteiger partial charge >= 0.3 is 7.12 Å². The van der Waals surface area contributed by atoms with Crippen LogP contribution >= 0.6 is 0 Å². The second-order valence-corrected chi connectivity index (χ2v) is 3.12. The molecule has 0 aromatic carbocycles. The van der Waals surface area contributed by atoms with Crippen molar-refractivity contribution in [2.45, 2.75) is 20.4 Å². The summed E-state index contributed by atoms with van der Waals surface area (Å²) in [4.78, 5) is 0. The molecule has 1 heterocycles. The standard InChI is InChI=1S/C8H13BN2O2/c1-7(2)3-5-11-6-4-8(10-11)9(12)13/h3-4,6,12-13H,5H2,1-2H3. The minimum atomic E-state index is -1.48. The molecule has 0 bridgehead atoms. The van der Waals surface area contributed by atoms with Gasteiger partial charge in [0.1, 0.15) is 0 Å². The number of rotatable bonds is 3. The van der Waals surface area contributed by atoms with E-state index in [1.54, 1.807) is 16.9 Å². The maximum absolute atomic E-state index is 8.78. The summed E-state index contributed by atoms with van der Waals surface area (Å²) in [6, 6.07) is 1.59. The lowest BCUT2D eigenvalue weighted by Gasteiger charge is -1.96. The van der Waals surface area contributed by atoms with Crippen molar-refractivity contribution < 1.29 is 10.0 Å². The molecule has 4 nitrogen and oxygen atoms in total. The van der Waals surface area contributed by atoms with Crippen LogP contribution in [0.15, 0.2) is 23.9 Å². The zero-order chi connectivity index (χ0) is 9.84. The van der Waals surface area contributed by atoms with Gasteiger partial charge in [-0.15, -0.1) is 0 Å². The fourth-order valence-corrected chi connectivity index (χ4v) is 0.893. The molecular weight excluding hydrogens is 167 g/mol.